The minimum atomic E-state index is -4.20. The maximum Gasteiger partial charge on any atom is 0.306 e. The molecule has 1 N–H and O–H groups in total. The smallest absolute Gasteiger partial charge is 0.306 e. The van der Waals surface area contributed by atoms with E-state index in [0.29, 0.717) is 18.4 Å². The minimum absolute atomic E-state index is 0.00943. The zero-order valence-corrected chi connectivity index (χ0v) is 20.2. The second-order valence-corrected chi connectivity index (χ2v) is 10.9. The van der Waals surface area contributed by atoms with E-state index >= 15 is 0 Å². The van der Waals surface area contributed by atoms with Gasteiger partial charge in [-0.25, -0.2) is 9.37 Å². The molecule has 1 aliphatic rings. The molecule has 186 valence electrons. The number of carbonyl (C=O) groups is 1. The van der Waals surface area contributed by atoms with Crippen LogP contribution in [0, 0.1) is 5.82 Å². The Labute approximate surface area is 195 Å². The molecule has 0 aliphatic carbocycles. The monoisotopic (exact) mass is 518 g/mol. The van der Waals surface area contributed by atoms with E-state index in [1.807, 2.05) is 0 Å². The van der Waals surface area contributed by atoms with Gasteiger partial charge < -0.3 is 9.50 Å². The van der Waals surface area contributed by atoms with Crippen molar-refractivity contribution in [3.05, 3.63) is 57.5 Å². The molecular formula is C19H23FN4O8S2. The molecule has 2 heterocycles. The predicted octanol–water partition coefficient (Wildman–Crippen LogP) is -0.386. The molecule has 0 bridgehead atoms. The highest BCUT2D eigenvalue weighted by Gasteiger charge is 2.33. The Balaban J connectivity index is 2.04. The largest absolute Gasteiger partial charge is 0.374 e. The number of hydrogen-bond donors (Lipinski definition) is 1. The van der Waals surface area contributed by atoms with Crippen molar-refractivity contribution in [2.45, 2.75) is 19.1 Å². The number of halogens is 1. The number of benzene rings is 1. The van der Waals surface area contributed by atoms with Crippen LogP contribution in [0.5, 0.6) is 5.75 Å². The highest BCUT2D eigenvalue weighted by Crippen LogP contribution is 2.25. The Morgan fingerprint density at radius 1 is 1.15 bits per heavy atom. The van der Waals surface area contributed by atoms with E-state index in [4.69, 9.17) is 8.37 Å². The molecule has 12 nitrogen and oxygen atoms in total. The summed E-state index contributed by atoms with van der Waals surface area (Å²) in [5.74, 6) is -2.15. The van der Waals surface area contributed by atoms with E-state index in [2.05, 4.69) is 10.3 Å². The van der Waals surface area contributed by atoms with Crippen molar-refractivity contribution < 1.29 is 34.4 Å². The van der Waals surface area contributed by atoms with Gasteiger partial charge in [-0.05, 0) is 24.7 Å². The molecule has 1 unspecified atom stereocenters. The van der Waals surface area contributed by atoms with E-state index < -0.39 is 55.0 Å². The SMILES string of the molecule is CN1CCn2c(nc(C(=O)NCc3ccc(F)cc3)c(OS(C)(=O)=O)c2=O)C1COS(C)(=O)=O. The highest BCUT2D eigenvalue weighted by molar-refractivity contribution is 7.86. The molecule has 0 saturated heterocycles. The van der Waals surface area contributed by atoms with Crippen molar-refractivity contribution in [2.24, 2.45) is 0 Å². The first-order valence-corrected chi connectivity index (χ1v) is 13.5. The van der Waals surface area contributed by atoms with Crippen LogP contribution >= 0.6 is 0 Å². The Bertz CT molecular complexity index is 1360. The van der Waals surface area contributed by atoms with E-state index in [1.54, 1.807) is 11.9 Å². The molecule has 1 amide bonds. The lowest BCUT2D eigenvalue weighted by Gasteiger charge is -2.34. The first-order chi connectivity index (χ1) is 15.7. The second kappa shape index (κ2) is 9.77. The Kier molecular flexibility index (Phi) is 7.40. The topological polar surface area (TPSA) is 154 Å². The maximum atomic E-state index is 13.1. The maximum absolute atomic E-state index is 13.1. The fourth-order valence-corrected chi connectivity index (χ4v) is 4.10. The summed E-state index contributed by atoms with van der Waals surface area (Å²) in [5, 5.41) is 2.49. The number of nitrogens with one attached hydrogen (secondary N) is 1. The summed E-state index contributed by atoms with van der Waals surface area (Å²) in [6, 6.07) is 4.45. The minimum Gasteiger partial charge on any atom is -0.374 e. The highest BCUT2D eigenvalue weighted by atomic mass is 32.2. The quantitative estimate of drug-likeness (QED) is 0.457. The molecule has 2 aromatic rings. The third-order valence-corrected chi connectivity index (χ3v) is 5.95. The lowest BCUT2D eigenvalue weighted by molar-refractivity contribution is 0.0936. The summed E-state index contributed by atoms with van der Waals surface area (Å²) in [6.07, 6.45) is 1.58. The number of nitrogens with zero attached hydrogens (tertiary/aromatic N) is 3. The van der Waals surface area contributed by atoms with Crippen LogP contribution in [0.4, 0.5) is 4.39 Å². The molecule has 1 aliphatic heterocycles. The van der Waals surface area contributed by atoms with Crippen LogP contribution in [0.25, 0.3) is 0 Å². The summed E-state index contributed by atoms with van der Waals surface area (Å²) in [6.45, 7) is -0.0752. The van der Waals surface area contributed by atoms with Gasteiger partial charge in [-0.1, -0.05) is 12.1 Å². The van der Waals surface area contributed by atoms with Crippen LogP contribution in [0.3, 0.4) is 0 Å². The molecular weight excluding hydrogens is 495 g/mol. The Morgan fingerprint density at radius 3 is 2.38 bits per heavy atom. The van der Waals surface area contributed by atoms with Crippen LogP contribution < -0.4 is 15.1 Å². The fourth-order valence-electron chi connectivity index (χ4n) is 3.27. The standard InChI is InChI=1S/C19H23FN4O8S2/c1-23-8-9-24-17(14(23)11-31-33(2,27)28)22-15(16(19(24)26)32-34(3,29)30)18(25)21-10-12-4-6-13(20)7-5-12/h4-7,14H,8-11H2,1-3H3,(H,21,25). The molecule has 0 spiro atoms. The summed E-state index contributed by atoms with van der Waals surface area (Å²) in [5.41, 5.74) is -0.975. The number of aromatic nitrogens is 2. The third kappa shape index (κ3) is 6.37. The van der Waals surface area contributed by atoms with Crippen molar-refractivity contribution in [3.63, 3.8) is 0 Å². The molecule has 0 radical (unpaired) electrons. The Hall–Kier alpha value is -2.88. The molecule has 15 heteroatoms. The summed E-state index contributed by atoms with van der Waals surface area (Å²) < 4.78 is 70.4. The van der Waals surface area contributed by atoms with Gasteiger partial charge in [0.2, 0.25) is 5.75 Å². The van der Waals surface area contributed by atoms with E-state index in [-0.39, 0.29) is 25.5 Å². The zero-order chi connectivity index (χ0) is 25.3. The normalized spacial score (nSPS) is 16.6. The van der Waals surface area contributed by atoms with Gasteiger partial charge >= 0.3 is 10.1 Å². The first kappa shape index (κ1) is 25.7. The van der Waals surface area contributed by atoms with Crippen LogP contribution in [0.1, 0.15) is 27.9 Å². The molecule has 3 rings (SSSR count). The Morgan fingerprint density at radius 2 is 1.79 bits per heavy atom. The fraction of sp³-hybridized carbons (Fsp3) is 0.421. The van der Waals surface area contributed by atoms with Crippen LogP contribution in [-0.4, -0.2) is 69.9 Å². The van der Waals surface area contributed by atoms with Gasteiger partial charge in [0.15, 0.2) is 5.69 Å². The molecule has 1 aromatic carbocycles. The lowest BCUT2D eigenvalue weighted by Crippen LogP contribution is -2.45. The van der Waals surface area contributed by atoms with E-state index in [9.17, 15) is 30.8 Å². The van der Waals surface area contributed by atoms with E-state index in [1.165, 1.54) is 24.3 Å². The van der Waals surface area contributed by atoms with Gasteiger partial charge in [0, 0.05) is 19.6 Å². The van der Waals surface area contributed by atoms with Crippen LogP contribution in [0.2, 0.25) is 0 Å². The average molecular weight is 519 g/mol. The first-order valence-electron chi connectivity index (χ1n) is 9.86. The number of rotatable bonds is 8. The second-order valence-electron chi connectivity index (χ2n) is 7.69. The molecule has 1 atom stereocenters. The summed E-state index contributed by atoms with van der Waals surface area (Å²) >= 11 is 0. The van der Waals surface area contributed by atoms with Crippen molar-refractivity contribution in [3.8, 4) is 5.75 Å². The zero-order valence-electron chi connectivity index (χ0n) is 18.5. The number of amides is 1. The number of carbonyl (C=O) groups excluding carboxylic acids is 1. The van der Waals surface area contributed by atoms with Gasteiger partial charge in [0.1, 0.15) is 11.6 Å². The molecule has 1 aromatic heterocycles. The van der Waals surface area contributed by atoms with Gasteiger partial charge in [0.25, 0.3) is 21.6 Å². The van der Waals surface area contributed by atoms with Gasteiger partial charge in [0.05, 0.1) is 25.2 Å². The summed E-state index contributed by atoms with van der Waals surface area (Å²) in [4.78, 5) is 31.9. The van der Waals surface area contributed by atoms with Crippen molar-refractivity contribution in [1.82, 2.24) is 19.8 Å². The van der Waals surface area contributed by atoms with Gasteiger partial charge in [-0.15, -0.1) is 0 Å². The predicted molar refractivity (Wildman–Crippen MR) is 118 cm³/mol. The van der Waals surface area contributed by atoms with Crippen molar-refractivity contribution in [1.29, 1.82) is 0 Å². The summed E-state index contributed by atoms with van der Waals surface area (Å²) in [7, 11) is -6.36. The third-order valence-electron chi connectivity index (χ3n) is 4.92. The molecule has 34 heavy (non-hydrogen) atoms. The van der Waals surface area contributed by atoms with Crippen molar-refractivity contribution in [2.75, 3.05) is 32.7 Å². The number of fused-ring (bicyclic) bond motifs is 1. The molecule has 0 saturated carbocycles. The lowest BCUT2D eigenvalue weighted by atomic mass is 10.1. The van der Waals surface area contributed by atoms with Crippen LogP contribution in [0.15, 0.2) is 29.1 Å². The van der Waals surface area contributed by atoms with E-state index in [0.717, 1.165) is 10.8 Å². The van der Waals surface area contributed by atoms with Gasteiger partial charge in [-0.2, -0.15) is 16.8 Å². The average Bonchev–Trinajstić information content (AvgIpc) is 2.72. The molecule has 0 fully saturated rings. The van der Waals surface area contributed by atoms with Crippen molar-refractivity contribution >= 4 is 26.1 Å². The van der Waals surface area contributed by atoms with Gasteiger partial charge in [-0.3, -0.25) is 23.2 Å². The van der Waals surface area contributed by atoms with Crippen LogP contribution in [-0.2, 0) is 37.5 Å². The number of hydrogen-bond acceptors (Lipinski definition) is 10. The number of likely N-dealkylation sites (N-methyl/N-ethyl adjacent to an activating group) is 1.